The number of furan rings is 1. The maximum Gasteiger partial charge on any atom is 0.191 e. The van der Waals surface area contributed by atoms with Crippen LogP contribution in [0.1, 0.15) is 36.0 Å². The summed E-state index contributed by atoms with van der Waals surface area (Å²) in [6.45, 7) is 5.84. The summed E-state index contributed by atoms with van der Waals surface area (Å²) in [5.74, 6) is 2.83. The highest BCUT2D eigenvalue weighted by atomic mass is 32.1. The van der Waals surface area contributed by atoms with Crippen LogP contribution in [0.5, 0.6) is 0 Å². The molecule has 1 fully saturated rings. The van der Waals surface area contributed by atoms with Crippen LogP contribution in [0.15, 0.2) is 38.4 Å². The molecule has 0 bridgehead atoms. The number of nitrogens with zero attached hydrogens (tertiary/aromatic N) is 2. The van der Waals surface area contributed by atoms with Gasteiger partial charge in [-0.05, 0) is 67.4 Å². The van der Waals surface area contributed by atoms with Gasteiger partial charge in [0, 0.05) is 20.1 Å². The SMILES string of the molecule is CN=C(NCc1ccsc1)NCC(c1ccc(C)o1)N1CCCC1. The predicted molar refractivity (Wildman–Crippen MR) is 99.5 cm³/mol. The molecule has 2 aromatic rings. The van der Waals surface area contributed by atoms with Gasteiger partial charge in [0.2, 0.25) is 0 Å². The normalized spacial score (nSPS) is 17.2. The maximum absolute atomic E-state index is 5.90. The number of hydrogen-bond donors (Lipinski definition) is 2. The minimum atomic E-state index is 0.251. The Kier molecular flexibility index (Phi) is 5.93. The minimum Gasteiger partial charge on any atom is -0.465 e. The third kappa shape index (κ3) is 4.39. The number of thiophene rings is 1. The molecule has 5 nitrogen and oxygen atoms in total. The molecule has 130 valence electrons. The van der Waals surface area contributed by atoms with E-state index in [-0.39, 0.29) is 6.04 Å². The Balaban J connectivity index is 1.59. The van der Waals surface area contributed by atoms with Gasteiger partial charge in [-0.15, -0.1) is 0 Å². The first-order valence-corrected chi connectivity index (χ1v) is 9.46. The zero-order valence-corrected chi connectivity index (χ0v) is 15.2. The quantitative estimate of drug-likeness (QED) is 0.623. The Morgan fingerprint density at radius 2 is 2.12 bits per heavy atom. The van der Waals surface area contributed by atoms with Gasteiger partial charge in [0.1, 0.15) is 11.5 Å². The van der Waals surface area contributed by atoms with E-state index in [2.05, 4.69) is 43.4 Å². The van der Waals surface area contributed by atoms with Crippen molar-refractivity contribution in [2.24, 2.45) is 4.99 Å². The van der Waals surface area contributed by atoms with E-state index in [0.29, 0.717) is 0 Å². The zero-order valence-electron chi connectivity index (χ0n) is 14.4. The molecule has 3 rings (SSSR count). The van der Waals surface area contributed by atoms with E-state index in [1.807, 2.05) is 20.0 Å². The highest BCUT2D eigenvalue weighted by molar-refractivity contribution is 7.07. The van der Waals surface area contributed by atoms with E-state index in [1.165, 1.54) is 18.4 Å². The van der Waals surface area contributed by atoms with Gasteiger partial charge in [0.25, 0.3) is 0 Å². The highest BCUT2D eigenvalue weighted by Crippen LogP contribution is 2.26. The van der Waals surface area contributed by atoms with Crippen molar-refractivity contribution in [3.8, 4) is 0 Å². The average molecular weight is 347 g/mol. The van der Waals surface area contributed by atoms with Crippen molar-refractivity contribution in [1.82, 2.24) is 15.5 Å². The van der Waals surface area contributed by atoms with Crippen LogP contribution in [-0.4, -0.2) is 37.5 Å². The fraction of sp³-hybridized carbons (Fsp3) is 0.500. The number of hydrogen-bond acceptors (Lipinski definition) is 4. The van der Waals surface area contributed by atoms with Gasteiger partial charge >= 0.3 is 0 Å². The molecule has 1 atom stereocenters. The lowest BCUT2D eigenvalue weighted by molar-refractivity contribution is 0.213. The van der Waals surface area contributed by atoms with E-state index in [1.54, 1.807) is 11.3 Å². The molecule has 2 N–H and O–H groups in total. The molecular weight excluding hydrogens is 320 g/mol. The summed E-state index contributed by atoms with van der Waals surface area (Å²) in [7, 11) is 1.81. The molecule has 0 spiro atoms. The number of aliphatic imine (C=N–C) groups is 1. The molecule has 6 heteroatoms. The van der Waals surface area contributed by atoms with Crippen molar-refractivity contribution in [3.63, 3.8) is 0 Å². The number of likely N-dealkylation sites (tertiary alicyclic amines) is 1. The lowest BCUT2D eigenvalue weighted by Gasteiger charge is -2.26. The summed E-state index contributed by atoms with van der Waals surface area (Å²) >= 11 is 1.71. The summed E-state index contributed by atoms with van der Waals surface area (Å²) in [6.07, 6.45) is 2.53. The van der Waals surface area contributed by atoms with Crippen molar-refractivity contribution in [2.45, 2.75) is 32.4 Å². The van der Waals surface area contributed by atoms with Crippen LogP contribution < -0.4 is 10.6 Å². The first-order valence-electron chi connectivity index (χ1n) is 8.52. The van der Waals surface area contributed by atoms with Gasteiger partial charge < -0.3 is 15.1 Å². The van der Waals surface area contributed by atoms with Crippen molar-refractivity contribution in [3.05, 3.63) is 46.0 Å². The van der Waals surface area contributed by atoms with Gasteiger partial charge in [-0.1, -0.05) is 0 Å². The highest BCUT2D eigenvalue weighted by Gasteiger charge is 2.26. The minimum absolute atomic E-state index is 0.251. The fourth-order valence-corrected chi connectivity index (χ4v) is 3.76. The Bertz CT molecular complexity index is 644. The molecule has 2 aromatic heterocycles. The van der Waals surface area contributed by atoms with Crippen LogP contribution >= 0.6 is 11.3 Å². The molecule has 1 saturated heterocycles. The molecule has 0 amide bonds. The monoisotopic (exact) mass is 346 g/mol. The summed E-state index contributed by atoms with van der Waals surface area (Å²) in [4.78, 5) is 6.83. The van der Waals surface area contributed by atoms with Gasteiger partial charge in [0.15, 0.2) is 5.96 Å². The van der Waals surface area contributed by atoms with Crippen molar-refractivity contribution in [1.29, 1.82) is 0 Å². The van der Waals surface area contributed by atoms with E-state index < -0.39 is 0 Å². The van der Waals surface area contributed by atoms with Crippen LogP contribution in [0.2, 0.25) is 0 Å². The molecule has 0 aliphatic carbocycles. The van der Waals surface area contributed by atoms with Gasteiger partial charge in [-0.25, -0.2) is 0 Å². The van der Waals surface area contributed by atoms with Crippen LogP contribution in [-0.2, 0) is 6.54 Å². The van der Waals surface area contributed by atoms with Gasteiger partial charge in [0.05, 0.1) is 6.04 Å². The second-order valence-corrected chi connectivity index (χ2v) is 6.93. The zero-order chi connectivity index (χ0) is 16.8. The van der Waals surface area contributed by atoms with E-state index in [4.69, 9.17) is 4.42 Å². The maximum atomic E-state index is 5.90. The van der Waals surface area contributed by atoms with E-state index in [0.717, 1.165) is 43.7 Å². The lowest BCUT2D eigenvalue weighted by Crippen LogP contribution is -2.42. The largest absolute Gasteiger partial charge is 0.465 e. The van der Waals surface area contributed by atoms with Crippen molar-refractivity contribution < 1.29 is 4.42 Å². The summed E-state index contributed by atoms with van der Waals surface area (Å²) in [5.41, 5.74) is 1.28. The van der Waals surface area contributed by atoms with Gasteiger partial charge in [-0.3, -0.25) is 9.89 Å². The standard InChI is InChI=1S/C18H26N4OS/c1-14-5-6-17(23-14)16(22-8-3-4-9-22)12-21-18(19-2)20-11-15-7-10-24-13-15/h5-7,10,13,16H,3-4,8-9,11-12H2,1-2H3,(H2,19,20,21). The fourth-order valence-electron chi connectivity index (χ4n) is 3.09. The van der Waals surface area contributed by atoms with Crippen LogP contribution in [0.4, 0.5) is 0 Å². The first kappa shape index (κ1) is 17.0. The Labute approximate surface area is 147 Å². The number of rotatable bonds is 6. The molecule has 1 unspecified atom stereocenters. The Morgan fingerprint density at radius 3 is 2.75 bits per heavy atom. The second kappa shape index (κ2) is 8.35. The van der Waals surface area contributed by atoms with E-state index in [9.17, 15) is 0 Å². The number of aryl methyl sites for hydroxylation is 1. The third-order valence-corrected chi connectivity index (χ3v) is 5.13. The average Bonchev–Trinajstić information content (AvgIpc) is 3.33. The molecule has 0 aromatic carbocycles. The predicted octanol–water partition coefficient (Wildman–Crippen LogP) is 3.15. The van der Waals surface area contributed by atoms with Crippen LogP contribution in [0, 0.1) is 6.92 Å². The molecule has 1 aliphatic rings. The Hall–Kier alpha value is -1.79. The smallest absolute Gasteiger partial charge is 0.191 e. The first-order chi connectivity index (χ1) is 11.8. The molecular formula is C18H26N4OS. The van der Waals surface area contributed by atoms with Crippen LogP contribution in [0.3, 0.4) is 0 Å². The molecule has 0 radical (unpaired) electrons. The molecule has 0 saturated carbocycles. The number of guanidine groups is 1. The summed E-state index contributed by atoms with van der Waals surface area (Å²) in [5, 5.41) is 11.1. The van der Waals surface area contributed by atoms with Crippen LogP contribution in [0.25, 0.3) is 0 Å². The van der Waals surface area contributed by atoms with E-state index >= 15 is 0 Å². The van der Waals surface area contributed by atoms with Gasteiger partial charge in [-0.2, -0.15) is 11.3 Å². The summed E-state index contributed by atoms with van der Waals surface area (Å²) < 4.78 is 5.90. The lowest BCUT2D eigenvalue weighted by atomic mass is 10.2. The Morgan fingerprint density at radius 1 is 1.29 bits per heavy atom. The van der Waals surface area contributed by atoms with Crippen molar-refractivity contribution >= 4 is 17.3 Å². The summed E-state index contributed by atoms with van der Waals surface area (Å²) in [6, 6.07) is 6.52. The molecule has 3 heterocycles. The molecule has 24 heavy (non-hydrogen) atoms. The molecule has 1 aliphatic heterocycles. The number of nitrogens with one attached hydrogen (secondary N) is 2. The second-order valence-electron chi connectivity index (χ2n) is 6.15. The van der Waals surface area contributed by atoms with Crippen molar-refractivity contribution in [2.75, 3.05) is 26.7 Å². The third-order valence-electron chi connectivity index (χ3n) is 4.40. The topological polar surface area (TPSA) is 52.8 Å².